The SMILES string of the molecule is CC(=O)N1CCN(Sc2nc(-c3ccc(Cl)c(Cl)c3)nc(C(Cl)(Cl)Cl)n2)CC1. The Morgan fingerprint density at radius 1 is 1.04 bits per heavy atom. The second-order valence-electron chi connectivity index (χ2n) is 5.92. The molecule has 0 saturated carbocycles. The Bertz CT molecular complexity index is 886. The summed E-state index contributed by atoms with van der Waals surface area (Å²) >= 11 is 31.4. The lowest BCUT2D eigenvalue weighted by atomic mass is 10.2. The van der Waals surface area contributed by atoms with Gasteiger partial charge >= 0.3 is 0 Å². The second-order valence-corrected chi connectivity index (χ2v) is 10.1. The molecule has 1 fully saturated rings. The van der Waals surface area contributed by atoms with Crippen molar-refractivity contribution in [3.8, 4) is 11.4 Å². The first-order chi connectivity index (χ1) is 13.1. The molecule has 2 heterocycles. The summed E-state index contributed by atoms with van der Waals surface area (Å²) in [6, 6.07) is 5.01. The second kappa shape index (κ2) is 9.08. The van der Waals surface area contributed by atoms with Gasteiger partial charge in [0.1, 0.15) is 0 Å². The lowest BCUT2D eigenvalue weighted by molar-refractivity contribution is -0.129. The molecule has 28 heavy (non-hydrogen) atoms. The summed E-state index contributed by atoms with van der Waals surface area (Å²) in [5.41, 5.74) is 0.621. The van der Waals surface area contributed by atoms with Crippen molar-refractivity contribution in [2.24, 2.45) is 0 Å². The maximum atomic E-state index is 11.5. The molecule has 0 bridgehead atoms. The lowest BCUT2D eigenvalue weighted by Gasteiger charge is -2.32. The van der Waals surface area contributed by atoms with E-state index in [-0.39, 0.29) is 11.7 Å². The zero-order valence-corrected chi connectivity index (χ0v) is 19.1. The number of piperazine rings is 1. The summed E-state index contributed by atoms with van der Waals surface area (Å²) in [4.78, 5) is 26.3. The minimum Gasteiger partial charge on any atom is -0.340 e. The Labute approximate surface area is 191 Å². The largest absolute Gasteiger partial charge is 0.340 e. The monoisotopic (exact) mass is 499 g/mol. The van der Waals surface area contributed by atoms with Crippen LogP contribution in [0.2, 0.25) is 10.0 Å². The number of nitrogens with zero attached hydrogens (tertiary/aromatic N) is 5. The highest BCUT2D eigenvalue weighted by atomic mass is 35.6. The van der Waals surface area contributed by atoms with Gasteiger partial charge < -0.3 is 4.90 Å². The normalized spacial score (nSPS) is 15.7. The number of amides is 1. The first-order valence-electron chi connectivity index (χ1n) is 8.10. The Morgan fingerprint density at radius 2 is 1.71 bits per heavy atom. The van der Waals surface area contributed by atoms with Gasteiger partial charge in [-0.3, -0.25) is 4.79 Å². The van der Waals surface area contributed by atoms with Gasteiger partial charge in [-0.25, -0.2) is 19.3 Å². The highest BCUT2D eigenvalue weighted by molar-refractivity contribution is 7.96. The summed E-state index contributed by atoms with van der Waals surface area (Å²) in [5, 5.41) is 1.16. The van der Waals surface area contributed by atoms with Crippen molar-refractivity contribution in [2.75, 3.05) is 26.2 Å². The van der Waals surface area contributed by atoms with E-state index in [0.717, 1.165) is 0 Å². The summed E-state index contributed by atoms with van der Waals surface area (Å²) in [6.07, 6.45) is 0. The predicted molar refractivity (Wildman–Crippen MR) is 114 cm³/mol. The molecule has 0 unspecified atom stereocenters. The van der Waals surface area contributed by atoms with E-state index in [2.05, 4.69) is 19.3 Å². The number of benzene rings is 1. The van der Waals surface area contributed by atoms with E-state index in [1.165, 1.54) is 11.9 Å². The highest BCUT2D eigenvalue weighted by Gasteiger charge is 2.29. The molecule has 0 radical (unpaired) electrons. The zero-order valence-electron chi connectivity index (χ0n) is 14.5. The van der Waals surface area contributed by atoms with Crippen molar-refractivity contribution in [1.29, 1.82) is 0 Å². The third-order valence-electron chi connectivity index (χ3n) is 3.94. The molecule has 0 atom stereocenters. The summed E-state index contributed by atoms with van der Waals surface area (Å²) in [6.45, 7) is 4.16. The standard InChI is InChI=1S/C16H14Cl5N5OS/c1-9(27)25-4-6-26(7-5-25)28-15-23-13(22-14(24-15)16(19,20)21)10-2-3-11(17)12(18)8-10/h2-3,8H,4-7H2,1H3. The number of rotatable bonds is 3. The molecule has 6 nitrogen and oxygen atoms in total. The Kier molecular flexibility index (Phi) is 7.18. The number of hydrogen-bond donors (Lipinski definition) is 0. The van der Waals surface area contributed by atoms with Crippen molar-refractivity contribution in [2.45, 2.75) is 15.9 Å². The van der Waals surface area contributed by atoms with Crippen LogP contribution < -0.4 is 0 Å². The molecular weight excluding hydrogens is 488 g/mol. The van der Waals surface area contributed by atoms with Crippen LogP contribution in [0.3, 0.4) is 0 Å². The van der Waals surface area contributed by atoms with Crippen molar-refractivity contribution < 1.29 is 4.79 Å². The topological polar surface area (TPSA) is 62.2 Å². The fourth-order valence-electron chi connectivity index (χ4n) is 2.50. The van der Waals surface area contributed by atoms with Gasteiger partial charge in [0.2, 0.25) is 14.9 Å². The molecule has 1 aliphatic rings. The molecule has 1 aromatic heterocycles. The number of hydrogen-bond acceptors (Lipinski definition) is 6. The zero-order chi connectivity index (χ0) is 20.5. The molecule has 3 rings (SSSR count). The van der Waals surface area contributed by atoms with Crippen LogP contribution in [-0.4, -0.2) is 56.2 Å². The predicted octanol–water partition coefficient (Wildman–Crippen LogP) is 4.84. The van der Waals surface area contributed by atoms with Crippen molar-refractivity contribution in [3.05, 3.63) is 34.1 Å². The van der Waals surface area contributed by atoms with Gasteiger partial charge in [-0.15, -0.1) is 0 Å². The summed E-state index contributed by atoms with van der Waals surface area (Å²) in [7, 11) is 0. The molecule has 0 aliphatic carbocycles. The van der Waals surface area contributed by atoms with E-state index in [4.69, 9.17) is 58.0 Å². The molecule has 0 N–H and O–H groups in total. The van der Waals surface area contributed by atoms with E-state index < -0.39 is 3.79 Å². The maximum Gasteiger partial charge on any atom is 0.250 e. The Balaban J connectivity index is 1.88. The van der Waals surface area contributed by atoms with Crippen LogP contribution in [0.15, 0.2) is 23.4 Å². The minimum absolute atomic E-state index is 0.0124. The van der Waals surface area contributed by atoms with Gasteiger partial charge in [-0.05, 0) is 30.1 Å². The average molecular weight is 502 g/mol. The fourth-order valence-corrected chi connectivity index (χ4v) is 3.88. The number of carbonyl (C=O) groups is 1. The molecule has 12 heteroatoms. The number of alkyl halides is 3. The van der Waals surface area contributed by atoms with Gasteiger partial charge in [0.25, 0.3) is 0 Å². The van der Waals surface area contributed by atoms with Crippen molar-refractivity contribution >= 4 is 75.9 Å². The first-order valence-corrected chi connectivity index (χ1v) is 10.8. The molecular formula is C16H14Cl5N5OS. The quantitative estimate of drug-likeness (QED) is 0.443. The number of halogens is 5. The molecule has 150 valence electrons. The summed E-state index contributed by atoms with van der Waals surface area (Å²) in [5.74, 6) is 0.392. The van der Waals surface area contributed by atoms with E-state index >= 15 is 0 Å². The van der Waals surface area contributed by atoms with Crippen molar-refractivity contribution in [3.63, 3.8) is 0 Å². The smallest absolute Gasteiger partial charge is 0.250 e. The van der Waals surface area contributed by atoms with Gasteiger partial charge in [0, 0.05) is 38.7 Å². The van der Waals surface area contributed by atoms with E-state index in [9.17, 15) is 4.79 Å². The maximum absolute atomic E-state index is 11.5. The number of aromatic nitrogens is 3. The van der Waals surface area contributed by atoms with Crippen LogP contribution in [0.4, 0.5) is 0 Å². The van der Waals surface area contributed by atoms with Crippen LogP contribution in [0.25, 0.3) is 11.4 Å². The third-order valence-corrected chi connectivity index (χ3v) is 6.16. The first kappa shape index (κ1) is 22.2. The van der Waals surface area contributed by atoms with Crippen LogP contribution in [0.5, 0.6) is 0 Å². The molecule has 1 amide bonds. The molecule has 1 aliphatic heterocycles. The molecule has 0 spiro atoms. The van der Waals surface area contributed by atoms with Crippen LogP contribution in [0, 0.1) is 0 Å². The highest BCUT2D eigenvalue weighted by Crippen LogP contribution is 2.38. The van der Waals surface area contributed by atoms with E-state index in [0.29, 0.717) is 52.8 Å². The Hall–Kier alpha value is -0.540. The van der Waals surface area contributed by atoms with Gasteiger partial charge in [0.15, 0.2) is 11.6 Å². The van der Waals surface area contributed by atoms with Crippen LogP contribution in [-0.2, 0) is 8.59 Å². The van der Waals surface area contributed by atoms with Gasteiger partial charge in [-0.2, -0.15) is 0 Å². The van der Waals surface area contributed by atoms with Crippen LogP contribution in [0.1, 0.15) is 12.7 Å². The number of carbonyl (C=O) groups excluding carboxylic acids is 1. The molecule has 1 saturated heterocycles. The van der Waals surface area contributed by atoms with E-state index in [1.807, 2.05) is 0 Å². The minimum atomic E-state index is -1.81. The summed E-state index contributed by atoms with van der Waals surface area (Å²) < 4.78 is 0.242. The fraction of sp³-hybridized carbons (Fsp3) is 0.375. The molecule has 2 aromatic rings. The third kappa shape index (κ3) is 5.53. The van der Waals surface area contributed by atoms with E-state index in [1.54, 1.807) is 30.0 Å². The van der Waals surface area contributed by atoms with Gasteiger partial charge in [-0.1, -0.05) is 58.0 Å². The van der Waals surface area contributed by atoms with Gasteiger partial charge in [0.05, 0.1) is 10.0 Å². The molecule has 1 aromatic carbocycles. The van der Waals surface area contributed by atoms with Crippen LogP contribution >= 0.6 is 70.0 Å². The lowest BCUT2D eigenvalue weighted by Crippen LogP contribution is -2.45. The van der Waals surface area contributed by atoms with Crippen molar-refractivity contribution in [1.82, 2.24) is 24.2 Å². The Morgan fingerprint density at radius 3 is 2.29 bits per heavy atom. The average Bonchev–Trinajstić information content (AvgIpc) is 2.63.